The fourth-order valence-electron chi connectivity index (χ4n) is 2.04. The second kappa shape index (κ2) is 6.07. The summed E-state index contributed by atoms with van der Waals surface area (Å²) < 4.78 is 0. The van der Waals surface area contributed by atoms with Crippen LogP contribution in [0.4, 0.5) is 5.69 Å². The molecule has 1 amide bonds. The molecule has 0 aliphatic carbocycles. The number of nitrogen functional groups attached to an aromatic ring is 1. The van der Waals surface area contributed by atoms with Gasteiger partial charge in [0, 0.05) is 28.7 Å². The van der Waals surface area contributed by atoms with Crippen molar-refractivity contribution in [3.05, 3.63) is 51.7 Å². The van der Waals surface area contributed by atoms with E-state index in [2.05, 4.69) is 36.4 Å². The number of amides is 1. The predicted molar refractivity (Wildman–Crippen MR) is 83.6 cm³/mol. The van der Waals surface area contributed by atoms with Crippen LogP contribution in [-0.2, 0) is 6.54 Å². The summed E-state index contributed by atoms with van der Waals surface area (Å²) in [6.45, 7) is 2.89. The second-order valence-electron chi connectivity index (χ2n) is 4.88. The van der Waals surface area contributed by atoms with Gasteiger partial charge in [0.05, 0.1) is 0 Å². The normalized spacial score (nSPS) is 12.6. The zero-order valence-electron chi connectivity index (χ0n) is 11.7. The van der Waals surface area contributed by atoms with E-state index in [0.717, 1.165) is 12.1 Å². The Bertz CT molecular complexity index is 595. The molecule has 4 nitrogen and oxygen atoms in total. The van der Waals surface area contributed by atoms with E-state index in [1.165, 1.54) is 4.88 Å². The molecule has 5 heteroatoms. The number of anilines is 1. The van der Waals surface area contributed by atoms with Gasteiger partial charge in [0.15, 0.2) is 0 Å². The van der Waals surface area contributed by atoms with Gasteiger partial charge in [-0.1, -0.05) is 12.1 Å². The van der Waals surface area contributed by atoms with Gasteiger partial charge in [0.2, 0.25) is 5.91 Å². The Labute approximate surface area is 123 Å². The molecule has 0 radical (unpaired) electrons. The zero-order valence-corrected chi connectivity index (χ0v) is 12.5. The number of nitrogens with zero attached hydrogens (tertiary/aromatic N) is 1. The van der Waals surface area contributed by atoms with Gasteiger partial charge < -0.3 is 11.5 Å². The number of carbonyl (C=O) groups is 1. The highest BCUT2D eigenvalue weighted by molar-refractivity contribution is 7.10. The number of nitrogens with two attached hydrogens (primary N) is 2. The number of carbonyl (C=O) groups excluding carboxylic acids is 1. The average molecular weight is 289 g/mol. The Hall–Kier alpha value is -1.85. The van der Waals surface area contributed by atoms with Crippen LogP contribution in [0.1, 0.15) is 33.8 Å². The van der Waals surface area contributed by atoms with Crippen molar-refractivity contribution in [3.8, 4) is 0 Å². The second-order valence-corrected chi connectivity index (χ2v) is 5.86. The summed E-state index contributed by atoms with van der Waals surface area (Å²) in [7, 11) is 2.06. The van der Waals surface area contributed by atoms with Gasteiger partial charge >= 0.3 is 0 Å². The smallest absolute Gasteiger partial charge is 0.248 e. The third-order valence-corrected chi connectivity index (χ3v) is 4.51. The number of primary amides is 1. The first-order chi connectivity index (χ1) is 9.49. The van der Waals surface area contributed by atoms with E-state index in [1.807, 2.05) is 6.07 Å². The van der Waals surface area contributed by atoms with E-state index in [4.69, 9.17) is 11.5 Å². The summed E-state index contributed by atoms with van der Waals surface area (Å²) in [5, 5.41) is 2.08. The molecule has 106 valence electrons. The maximum atomic E-state index is 11.1. The van der Waals surface area contributed by atoms with Crippen LogP contribution >= 0.6 is 11.3 Å². The lowest BCUT2D eigenvalue weighted by molar-refractivity contribution is 0.100. The largest absolute Gasteiger partial charge is 0.398 e. The zero-order chi connectivity index (χ0) is 14.7. The van der Waals surface area contributed by atoms with E-state index >= 15 is 0 Å². The summed E-state index contributed by atoms with van der Waals surface area (Å²) in [5.41, 5.74) is 13.3. The van der Waals surface area contributed by atoms with Crippen molar-refractivity contribution < 1.29 is 4.79 Å². The average Bonchev–Trinajstić information content (AvgIpc) is 2.93. The number of hydrogen-bond donors (Lipinski definition) is 2. The fourth-order valence-corrected chi connectivity index (χ4v) is 2.89. The molecule has 1 aromatic carbocycles. The highest BCUT2D eigenvalue weighted by Crippen LogP contribution is 2.26. The molecule has 2 rings (SSSR count). The molecule has 4 N–H and O–H groups in total. The molecule has 0 fully saturated rings. The van der Waals surface area contributed by atoms with Gasteiger partial charge in [-0.25, -0.2) is 0 Å². The van der Waals surface area contributed by atoms with Gasteiger partial charge in [-0.2, -0.15) is 0 Å². The minimum Gasteiger partial charge on any atom is -0.398 e. The minimum absolute atomic E-state index is 0.324. The molecule has 1 aromatic heterocycles. The summed E-state index contributed by atoms with van der Waals surface area (Å²) in [6, 6.07) is 9.74. The Morgan fingerprint density at radius 1 is 1.40 bits per heavy atom. The molecular formula is C15H19N3OS. The molecule has 0 bridgehead atoms. The third kappa shape index (κ3) is 3.18. The highest BCUT2D eigenvalue weighted by Gasteiger charge is 2.14. The van der Waals surface area contributed by atoms with E-state index in [1.54, 1.807) is 23.5 Å². The van der Waals surface area contributed by atoms with Crippen LogP contribution in [-0.4, -0.2) is 17.9 Å². The van der Waals surface area contributed by atoms with Crippen molar-refractivity contribution in [2.45, 2.75) is 19.5 Å². The fraction of sp³-hybridized carbons (Fsp3) is 0.267. The van der Waals surface area contributed by atoms with Crippen LogP contribution in [0.3, 0.4) is 0 Å². The monoisotopic (exact) mass is 289 g/mol. The molecule has 0 aliphatic rings. The van der Waals surface area contributed by atoms with Crippen LogP contribution in [0.5, 0.6) is 0 Å². The van der Waals surface area contributed by atoms with E-state index in [0.29, 0.717) is 17.3 Å². The summed E-state index contributed by atoms with van der Waals surface area (Å²) in [6.07, 6.45) is 0. The quantitative estimate of drug-likeness (QED) is 0.831. The van der Waals surface area contributed by atoms with E-state index < -0.39 is 5.91 Å². The first-order valence-electron chi connectivity index (χ1n) is 6.41. The lowest BCUT2D eigenvalue weighted by Gasteiger charge is -2.24. The highest BCUT2D eigenvalue weighted by atomic mass is 32.1. The van der Waals surface area contributed by atoms with Crippen molar-refractivity contribution >= 4 is 22.9 Å². The third-order valence-electron chi connectivity index (χ3n) is 3.47. The maximum absolute atomic E-state index is 11.1. The molecule has 1 heterocycles. The molecular weight excluding hydrogens is 270 g/mol. The molecule has 0 aliphatic heterocycles. The molecule has 2 aromatic rings. The first-order valence-corrected chi connectivity index (χ1v) is 7.29. The Morgan fingerprint density at radius 3 is 2.70 bits per heavy atom. The Morgan fingerprint density at radius 2 is 2.15 bits per heavy atom. The summed E-state index contributed by atoms with van der Waals surface area (Å²) in [4.78, 5) is 14.7. The standard InChI is InChI=1S/C15H19N3OS/c1-10(14-4-3-7-20-14)18(2)9-12-6-5-11(15(17)19)8-13(12)16/h3-8,10H,9,16H2,1-2H3,(H2,17,19). The topological polar surface area (TPSA) is 72.3 Å². The molecule has 1 unspecified atom stereocenters. The molecule has 0 saturated heterocycles. The first kappa shape index (κ1) is 14.6. The maximum Gasteiger partial charge on any atom is 0.248 e. The molecule has 1 atom stereocenters. The van der Waals surface area contributed by atoms with E-state index in [9.17, 15) is 4.79 Å². The van der Waals surface area contributed by atoms with Crippen molar-refractivity contribution in [3.63, 3.8) is 0 Å². The van der Waals surface area contributed by atoms with Crippen molar-refractivity contribution in [1.82, 2.24) is 4.90 Å². The number of benzene rings is 1. The van der Waals surface area contributed by atoms with Crippen LogP contribution in [0.25, 0.3) is 0 Å². The van der Waals surface area contributed by atoms with Crippen LogP contribution in [0, 0.1) is 0 Å². The van der Waals surface area contributed by atoms with Crippen LogP contribution < -0.4 is 11.5 Å². The van der Waals surface area contributed by atoms with Gasteiger partial charge in [0.25, 0.3) is 0 Å². The summed E-state index contributed by atoms with van der Waals surface area (Å²) >= 11 is 1.75. The van der Waals surface area contributed by atoms with Gasteiger partial charge in [-0.05, 0) is 43.1 Å². The Kier molecular flexibility index (Phi) is 4.42. The van der Waals surface area contributed by atoms with E-state index in [-0.39, 0.29) is 0 Å². The molecule has 20 heavy (non-hydrogen) atoms. The van der Waals surface area contributed by atoms with Crippen molar-refractivity contribution in [1.29, 1.82) is 0 Å². The molecule has 0 spiro atoms. The lowest BCUT2D eigenvalue weighted by atomic mass is 10.1. The van der Waals surface area contributed by atoms with Crippen molar-refractivity contribution in [2.24, 2.45) is 5.73 Å². The van der Waals surface area contributed by atoms with Gasteiger partial charge in [-0.15, -0.1) is 11.3 Å². The van der Waals surface area contributed by atoms with Crippen LogP contribution in [0.2, 0.25) is 0 Å². The molecule has 0 saturated carbocycles. The number of rotatable bonds is 5. The lowest BCUT2D eigenvalue weighted by Crippen LogP contribution is -2.22. The number of thiophene rings is 1. The van der Waals surface area contributed by atoms with Gasteiger partial charge in [-0.3, -0.25) is 9.69 Å². The SMILES string of the molecule is CC(c1cccs1)N(C)Cc1ccc(C(N)=O)cc1N. The van der Waals surface area contributed by atoms with Crippen molar-refractivity contribution in [2.75, 3.05) is 12.8 Å². The van der Waals surface area contributed by atoms with Gasteiger partial charge in [0.1, 0.15) is 0 Å². The minimum atomic E-state index is -0.455. The predicted octanol–water partition coefficient (Wildman–Crippen LogP) is 2.62. The summed E-state index contributed by atoms with van der Waals surface area (Å²) in [5.74, 6) is -0.455. The Balaban J connectivity index is 2.11. The van der Waals surface area contributed by atoms with Crippen LogP contribution in [0.15, 0.2) is 35.7 Å². The number of hydrogen-bond acceptors (Lipinski definition) is 4.